The molecule has 0 fully saturated rings. The number of aromatic nitrogens is 2. The van der Waals surface area contributed by atoms with Gasteiger partial charge >= 0.3 is 5.97 Å². The number of imidazole rings is 1. The molecule has 0 atom stereocenters. The number of hydrogen-bond acceptors (Lipinski definition) is 5. The number of ether oxygens (including phenoxy) is 1. The largest absolute Gasteiger partial charge is 0.461 e. The minimum Gasteiger partial charge on any atom is -0.461 e. The molecule has 1 amide bonds. The average Bonchev–Trinajstić information content (AvgIpc) is 2.99. The number of pyridine rings is 1. The summed E-state index contributed by atoms with van der Waals surface area (Å²) < 4.78 is 6.79. The second-order valence-corrected chi connectivity index (χ2v) is 4.93. The number of anilines is 1. The Morgan fingerprint density at radius 2 is 2.13 bits per heavy atom. The Labute approximate surface area is 132 Å². The van der Waals surface area contributed by atoms with Crippen LogP contribution in [0.15, 0.2) is 36.5 Å². The highest BCUT2D eigenvalue weighted by molar-refractivity contribution is 5.95. The van der Waals surface area contributed by atoms with Gasteiger partial charge in [-0.25, -0.2) is 9.78 Å². The first-order chi connectivity index (χ1) is 11.1. The van der Waals surface area contributed by atoms with Gasteiger partial charge in [-0.1, -0.05) is 0 Å². The molecule has 2 heterocycles. The van der Waals surface area contributed by atoms with Crippen LogP contribution in [0.1, 0.15) is 17.4 Å². The molecule has 3 rings (SSSR count). The first-order valence-electron chi connectivity index (χ1n) is 7.21. The van der Waals surface area contributed by atoms with Crippen LogP contribution in [-0.2, 0) is 9.53 Å². The summed E-state index contributed by atoms with van der Waals surface area (Å²) in [6.45, 7) is 1.99. The Hall–Kier alpha value is -2.93. The molecule has 0 aliphatic heterocycles. The van der Waals surface area contributed by atoms with Crippen LogP contribution in [0, 0.1) is 0 Å². The molecule has 2 aromatic heterocycles. The van der Waals surface area contributed by atoms with Gasteiger partial charge < -0.3 is 15.8 Å². The molecule has 0 saturated heterocycles. The smallest absolute Gasteiger partial charge is 0.358 e. The van der Waals surface area contributed by atoms with Crippen LogP contribution in [0.5, 0.6) is 0 Å². The molecule has 0 radical (unpaired) electrons. The lowest BCUT2D eigenvalue weighted by atomic mass is 10.2. The van der Waals surface area contributed by atoms with Crippen LogP contribution in [-0.4, -0.2) is 34.4 Å². The van der Waals surface area contributed by atoms with Crippen LogP contribution in [0.2, 0.25) is 0 Å². The summed E-state index contributed by atoms with van der Waals surface area (Å²) in [5, 5.41) is 3.61. The van der Waals surface area contributed by atoms with Gasteiger partial charge in [0.15, 0.2) is 5.69 Å². The molecular formula is C16H16N4O3. The van der Waals surface area contributed by atoms with E-state index in [0.717, 1.165) is 10.9 Å². The number of nitrogens with zero attached hydrogens (tertiary/aromatic N) is 2. The van der Waals surface area contributed by atoms with E-state index in [-0.39, 0.29) is 18.1 Å². The summed E-state index contributed by atoms with van der Waals surface area (Å²) in [6.07, 6.45) is 1.65. The number of amides is 1. The number of nitrogens with one attached hydrogen (secondary N) is 1. The van der Waals surface area contributed by atoms with Crippen LogP contribution >= 0.6 is 0 Å². The zero-order valence-electron chi connectivity index (χ0n) is 12.6. The minimum absolute atomic E-state index is 0.0680. The Morgan fingerprint density at radius 1 is 1.30 bits per heavy atom. The molecule has 7 nitrogen and oxygen atoms in total. The van der Waals surface area contributed by atoms with Crippen LogP contribution < -0.4 is 11.1 Å². The van der Waals surface area contributed by atoms with Gasteiger partial charge in [0.05, 0.1) is 18.7 Å². The third-order valence-corrected chi connectivity index (χ3v) is 3.39. The maximum atomic E-state index is 11.8. The van der Waals surface area contributed by atoms with Crippen LogP contribution in [0.3, 0.4) is 0 Å². The predicted molar refractivity (Wildman–Crippen MR) is 86.3 cm³/mol. The van der Waals surface area contributed by atoms with Gasteiger partial charge in [-0.15, -0.1) is 0 Å². The highest BCUT2D eigenvalue weighted by atomic mass is 16.5. The van der Waals surface area contributed by atoms with Crippen molar-refractivity contribution in [2.75, 3.05) is 18.5 Å². The van der Waals surface area contributed by atoms with Crippen molar-refractivity contribution >= 4 is 34.1 Å². The molecule has 0 unspecified atom stereocenters. The van der Waals surface area contributed by atoms with E-state index in [2.05, 4.69) is 10.3 Å². The molecule has 0 bridgehead atoms. The van der Waals surface area contributed by atoms with Gasteiger partial charge in [-0.3, -0.25) is 9.20 Å². The zero-order valence-corrected chi connectivity index (χ0v) is 12.6. The summed E-state index contributed by atoms with van der Waals surface area (Å²) in [6, 6.07) is 9.15. The summed E-state index contributed by atoms with van der Waals surface area (Å²) in [5.41, 5.74) is 7.75. The molecule has 0 spiro atoms. The topological polar surface area (TPSA) is 98.7 Å². The van der Waals surface area contributed by atoms with Gasteiger partial charge in [0.2, 0.25) is 5.91 Å². The molecule has 3 N–H and O–H groups in total. The van der Waals surface area contributed by atoms with Crippen molar-refractivity contribution in [1.29, 1.82) is 0 Å². The molecule has 1 aromatic carbocycles. The molecule has 0 aliphatic rings. The Kier molecular flexibility index (Phi) is 3.94. The van der Waals surface area contributed by atoms with Crippen LogP contribution in [0.4, 0.5) is 5.69 Å². The first kappa shape index (κ1) is 15.0. The van der Waals surface area contributed by atoms with E-state index in [4.69, 9.17) is 10.5 Å². The quantitative estimate of drug-likeness (QED) is 0.712. The Balaban J connectivity index is 2.05. The van der Waals surface area contributed by atoms with E-state index in [1.165, 1.54) is 0 Å². The van der Waals surface area contributed by atoms with E-state index in [0.29, 0.717) is 17.9 Å². The van der Waals surface area contributed by atoms with E-state index < -0.39 is 5.97 Å². The fourth-order valence-corrected chi connectivity index (χ4v) is 2.37. The lowest BCUT2D eigenvalue weighted by molar-refractivity contribution is -0.114. The third-order valence-electron chi connectivity index (χ3n) is 3.39. The van der Waals surface area contributed by atoms with Gasteiger partial charge in [-0.2, -0.15) is 0 Å². The maximum absolute atomic E-state index is 11.8. The van der Waals surface area contributed by atoms with Crippen molar-refractivity contribution < 1.29 is 14.3 Å². The number of carbonyl (C=O) groups is 2. The fraction of sp³-hybridized carbons (Fsp3) is 0.188. The second-order valence-electron chi connectivity index (χ2n) is 4.93. The summed E-state index contributed by atoms with van der Waals surface area (Å²) >= 11 is 0. The van der Waals surface area contributed by atoms with E-state index in [1.54, 1.807) is 25.3 Å². The van der Waals surface area contributed by atoms with E-state index in [1.807, 2.05) is 22.6 Å². The fourth-order valence-electron chi connectivity index (χ4n) is 2.37. The SMILES string of the molecule is CCOC(=O)c1cn2c(ccc3cc(NC(=O)CN)ccc32)n1. The lowest BCUT2D eigenvalue weighted by Gasteiger charge is -2.06. The van der Waals surface area contributed by atoms with Gasteiger partial charge in [0.25, 0.3) is 0 Å². The second kappa shape index (κ2) is 6.05. The van der Waals surface area contributed by atoms with E-state index >= 15 is 0 Å². The van der Waals surface area contributed by atoms with Crippen molar-refractivity contribution in [2.24, 2.45) is 5.73 Å². The Bertz CT molecular complexity index is 901. The van der Waals surface area contributed by atoms with Crippen molar-refractivity contribution in [3.63, 3.8) is 0 Å². The maximum Gasteiger partial charge on any atom is 0.358 e. The molecule has 0 saturated carbocycles. The van der Waals surface area contributed by atoms with Crippen molar-refractivity contribution in [3.05, 3.63) is 42.2 Å². The third kappa shape index (κ3) is 2.86. The number of hydrogen-bond donors (Lipinski definition) is 2. The van der Waals surface area contributed by atoms with Crippen LogP contribution in [0.25, 0.3) is 16.6 Å². The molecule has 23 heavy (non-hydrogen) atoms. The summed E-state index contributed by atoms with van der Waals surface area (Å²) in [5.74, 6) is -0.700. The van der Waals surface area contributed by atoms with Gasteiger partial charge in [0.1, 0.15) is 5.65 Å². The van der Waals surface area contributed by atoms with Crippen molar-refractivity contribution in [1.82, 2.24) is 9.38 Å². The summed E-state index contributed by atoms with van der Waals surface area (Å²) in [4.78, 5) is 27.4. The first-order valence-corrected chi connectivity index (χ1v) is 7.21. The summed E-state index contributed by atoms with van der Waals surface area (Å²) in [7, 11) is 0. The average molecular weight is 312 g/mol. The number of nitrogens with two attached hydrogens (primary N) is 1. The van der Waals surface area contributed by atoms with Crippen molar-refractivity contribution in [2.45, 2.75) is 6.92 Å². The highest BCUT2D eigenvalue weighted by Crippen LogP contribution is 2.21. The molecule has 7 heteroatoms. The highest BCUT2D eigenvalue weighted by Gasteiger charge is 2.13. The molecular weight excluding hydrogens is 296 g/mol. The van der Waals surface area contributed by atoms with Crippen molar-refractivity contribution in [3.8, 4) is 0 Å². The predicted octanol–water partition coefficient (Wildman–Crippen LogP) is 1.56. The lowest BCUT2D eigenvalue weighted by Crippen LogP contribution is -2.21. The number of fused-ring (bicyclic) bond motifs is 3. The monoisotopic (exact) mass is 312 g/mol. The Morgan fingerprint density at radius 3 is 2.87 bits per heavy atom. The standard InChI is InChI=1S/C16H16N4O3/c1-2-23-16(22)12-9-20-13-5-4-11(18-15(21)8-17)7-10(13)3-6-14(20)19-12/h3-7,9H,2,8,17H2,1H3,(H,18,21). The zero-order chi connectivity index (χ0) is 16.4. The number of esters is 1. The molecule has 3 aromatic rings. The normalized spacial score (nSPS) is 10.9. The van der Waals surface area contributed by atoms with E-state index in [9.17, 15) is 9.59 Å². The molecule has 0 aliphatic carbocycles. The molecule has 118 valence electrons. The van der Waals surface area contributed by atoms with Gasteiger partial charge in [-0.05, 0) is 37.3 Å². The number of carbonyl (C=O) groups excluding carboxylic acids is 2. The van der Waals surface area contributed by atoms with Gasteiger partial charge in [0, 0.05) is 17.3 Å². The number of benzene rings is 1. The number of rotatable bonds is 4. The minimum atomic E-state index is -0.448.